The standard InChI is InChI=1S/C22H21N5O3S/c1-15-24-18-12-16(5-6-20(18)31-15)29-14-17-13-19(25-30-17)22(28)27-10-8-26(9-11-27)21-4-2-3-7-23-21/h2-7,12-13H,8-11,14H2,1H3. The molecule has 0 atom stereocenters. The maximum Gasteiger partial charge on any atom is 0.276 e. The highest BCUT2D eigenvalue weighted by atomic mass is 32.1. The zero-order valence-electron chi connectivity index (χ0n) is 17.0. The number of aryl methyl sites for hydroxylation is 1. The molecule has 1 amide bonds. The Labute approximate surface area is 183 Å². The normalized spacial score (nSPS) is 14.2. The number of thiazole rings is 1. The van der Waals surface area contributed by atoms with Crippen LogP contribution in [0.1, 0.15) is 21.3 Å². The summed E-state index contributed by atoms with van der Waals surface area (Å²) >= 11 is 1.65. The number of rotatable bonds is 5. The van der Waals surface area contributed by atoms with Crippen LogP contribution in [0.15, 0.2) is 53.2 Å². The summed E-state index contributed by atoms with van der Waals surface area (Å²) in [5.41, 5.74) is 1.22. The van der Waals surface area contributed by atoms with Crippen molar-refractivity contribution in [1.82, 2.24) is 20.0 Å². The zero-order chi connectivity index (χ0) is 21.2. The topological polar surface area (TPSA) is 84.6 Å². The Balaban J connectivity index is 1.17. The van der Waals surface area contributed by atoms with E-state index in [-0.39, 0.29) is 12.5 Å². The predicted molar refractivity (Wildman–Crippen MR) is 118 cm³/mol. The second-order valence-electron chi connectivity index (χ2n) is 7.30. The van der Waals surface area contributed by atoms with Gasteiger partial charge in [0.2, 0.25) is 0 Å². The first-order valence-corrected chi connectivity index (χ1v) is 10.9. The number of pyridine rings is 1. The molecule has 158 valence electrons. The minimum atomic E-state index is -0.130. The van der Waals surface area contributed by atoms with Gasteiger partial charge in [-0.25, -0.2) is 9.97 Å². The number of hydrogen-bond acceptors (Lipinski definition) is 8. The maximum atomic E-state index is 12.8. The van der Waals surface area contributed by atoms with E-state index < -0.39 is 0 Å². The smallest absolute Gasteiger partial charge is 0.276 e. The third-order valence-corrected chi connectivity index (χ3v) is 6.12. The summed E-state index contributed by atoms with van der Waals surface area (Å²) in [4.78, 5) is 25.6. The lowest BCUT2D eigenvalue weighted by Gasteiger charge is -2.34. The van der Waals surface area contributed by atoms with Gasteiger partial charge in [0.1, 0.15) is 18.2 Å². The van der Waals surface area contributed by atoms with Crippen molar-refractivity contribution in [3.8, 4) is 5.75 Å². The Morgan fingerprint density at radius 1 is 1.16 bits per heavy atom. The van der Waals surface area contributed by atoms with Crippen LogP contribution in [0.4, 0.5) is 5.82 Å². The maximum absolute atomic E-state index is 12.8. The van der Waals surface area contributed by atoms with Gasteiger partial charge in [-0.1, -0.05) is 11.2 Å². The molecule has 0 spiro atoms. The van der Waals surface area contributed by atoms with E-state index in [9.17, 15) is 4.79 Å². The lowest BCUT2D eigenvalue weighted by Crippen LogP contribution is -2.49. The summed E-state index contributed by atoms with van der Waals surface area (Å²) in [5.74, 6) is 2.01. The number of carbonyl (C=O) groups is 1. The van der Waals surface area contributed by atoms with Crippen molar-refractivity contribution in [2.75, 3.05) is 31.1 Å². The van der Waals surface area contributed by atoms with Gasteiger partial charge in [-0.05, 0) is 31.2 Å². The molecule has 1 aromatic carbocycles. The fraction of sp³-hybridized carbons (Fsp3) is 0.273. The molecule has 0 aliphatic carbocycles. The summed E-state index contributed by atoms with van der Waals surface area (Å²) < 4.78 is 12.3. The van der Waals surface area contributed by atoms with Gasteiger partial charge in [-0.3, -0.25) is 4.79 Å². The fourth-order valence-electron chi connectivity index (χ4n) is 3.59. The van der Waals surface area contributed by atoms with Gasteiger partial charge in [0, 0.05) is 44.5 Å². The summed E-state index contributed by atoms with van der Waals surface area (Å²) in [6.45, 7) is 4.87. The van der Waals surface area contributed by atoms with E-state index in [1.165, 1.54) is 0 Å². The summed E-state index contributed by atoms with van der Waals surface area (Å²) in [7, 11) is 0. The van der Waals surface area contributed by atoms with Crippen molar-refractivity contribution in [1.29, 1.82) is 0 Å². The Bertz CT molecular complexity index is 1200. The lowest BCUT2D eigenvalue weighted by molar-refractivity contribution is 0.0735. The summed E-state index contributed by atoms with van der Waals surface area (Å²) in [6, 6.07) is 13.3. The van der Waals surface area contributed by atoms with Crippen molar-refractivity contribution >= 4 is 33.3 Å². The Kier molecular flexibility index (Phi) is 5.25. The van der Waals surface area contributed by atoms with Crippen LogP contribution in [-0.4, -0.2) is 52.1 Å². The monoisotopic (exact) mass is 435 g/mol. The Morgan fingerprint density at radius 3 is 2.84 bits per heavy atom. The number of anilines is 1. The van der Waals surface area contributed by atoms with E-state index in [0.717, 1.165) is 34.1 Å². The molecule has 4 aromatic rings. The number of aromatic nitrogens is 3. The highest BCUT2D eigenvalue weighted by Crippen LogP contribution is 2.26. The number of carbonyl (C=O) groups excluding carboxylic acids is 1. The van der Waals surface area contributed by atoms with Crippen LogP contribution in [0.5, 0.6) is 5.75 Å². The minimum Gasteiger partial charge on any atom is -0.485 e. The number of ether oxygens (including phenoxy) is 1. The average molecular weight is 436 g/mol. The minimum absolute atomic E-state index is 0.130. The number of hydrogen-bond donors (Lipinski definition) is 0. The third-order valence-electron chi connectivity index (χ3n) is 5.17. The number of piperazine rings is 1. The highest BCUT2D eigenvalue weighted by molar-refractivity contribution is 7.18. The van der Waals surface area contributed by atoms with E-state index >= 15 is 0 Å². The number of benzene rings is 1. The first-order chi connectivity index (χ1) is 15.2. The molecule has 0 N–H and O–H groups in total. The molecule has 0 unspecified atom stereocenters. The predicted octanol–water partition coefficient (Wildman–Crippen LogP) is 3.53. The third kappa shape index (κ3) is 4.22. The van der Waals surface area contributed by atoms with Crippen molar-refractivity contribution in [3.05, 3.63) is 65.1 Å². The van der Waals surface area contributed by atoms with E-state index in [1.54, 1.807) is 28.5 Å². The van der Waals surface area contributed by atoms with Gasteiger partial charge in [0.15, 0.2) is 11.5 Å². The first-order valence-electron chi connectivity index (χ1n) is 10.1. The van der Waals surface area contributed by atoms with Gasteiger partial charge < -0.3 is 19.1 Å². The second kappa shape index (κ2) is 8.35. The van der Waals surface area contributed by atoms with E-state index in [0.29, 0.717) is 30.3 Å². The van der Waals surface area contributed by atoms with Gasteiger partial charge in [0.25, 0.3) is 5.91 Å². The SMILES string of the molecule is Cc1nc2cc(OCc3cc(C(=O)N4CCN(c5ccccn5)CC4)no3)ccc2s1. The van der Waals surface area contributed by atoms with Crippen LogP contribution < -0.4 is 9.64 Å². The largest absolute Gasteiger partial charge is 0.485 e. The van der Waals surface area contributed by atoms with Crippen molar-refractivity contribution in [3.63, 3.8) is 0 Å². The quantitative estimate of drug-likeness (QED) is 0.474. The van der Waals surface area contributed by atoms with E-state index in [4.69, 9.17) is 9.26 Å². The van der Waals surface area contributed by atoms with Crippen LogP contribution in [0.2, 0.25) is 0 Å². The molecule has 0 radical (unpaired) electrons. The zero-order valence-corrected chi connectivity index (χ0v) is 17.8. The molecule has 3 aromatic heterocycles. The molecule has 1 aliphatic heterocycles. The van der Waals surface area contributed by atoms with Gasteiger partial charge in [0.05, 0.1) is 15.2 Å². The first kappa shape index (κ1) is 19.5. The molecule has 9 heteroatoms. The number of amides is 1. The molecule has 1 aliphatic rings. The van der Waals surface area contributed by atoms with Gasteiger partial charge in [-0.2, -0.15) is 0 Å². The molecular formula is C22H21N5O3S. The van der Waals surface area contributed by atoms with Crippen LogP contribution in [0.25, 0.3) is 10.2 Å². The van der Waals surface area contributed by atoms with Crippen molar-refractivity contribution in [2.24, 2.45) is 0 Å². The van der Waals surface area contributed by atoms with Gasteiger partial charge in [-0.15, -0.1) is 11.3 Å². The Hall–Kier alpha value is -3.46. The Morgan fingerprint density at radius 2 is 2.03 bits per heavy atom. The molecule has 5 rings (SSSR count). The number of nitrogens with zero attached hydrogens (tertiary/aromatic N) is 5. The van der Waals surface area contributed by atoms with Crippen molar-refractivity contribution < 1.29 is 14.1 Å². The van der Waals surface area contributed by atoms with Crippen LogP contribution in [0, 0.1) is 6.92 Å². The van der Waals surface area contributed by atoms with Crippen molar-refractivity contribution in [2.45, 2.75) is 13.5 Å². The van der Waals surface area contributed by atoms with E-state index in [1.807, 2.05) is 43.3 Å². The van der Waals surface area contributed by atoms with Crippen LogP contribution >= 0.6 is 11.3 Å². The molecule has 4 heterocycles. The van der Waals surface area contributed by atoms with Crippen LogP contribution in [-0.2, 0) is 6.61 Å². The average Bonchev–Trinajstić information content (AvgIpc) is 3.43. The number of fused-ring (bicyclic) bond motifs is 1. The molecule has 1 fully saturated rings. The van der Waals surface area contributed by atoms with Gasteiger partial charge >= 0.3 is 0 Å². The second-order valence-corrected chi connectivity index (χ2v) is 8.53. The molecule has 0 bridgehead atoms. The molecule has 1 saturated heterocycles. The molecule has 31 heavy (non-hydrogen) atoms. The highest BCUT2D eigenvalue weighted by Gasteiger charge is 2.25. The lowest BCUT2D eigenvalue weighted by atomic mass is 10.2. The molecule has 0 saturated carbocycles. The molecular weight excluding hydrogens is 414 g/mol. The summed E-state index contributed by atoms with van der Waals surface area (Å²) in [5, 5.41) is 4.97. The summed E-state index contributed by atoms with van der Waals surface area (Å²) in [6.07, 6.45) is 1.78. The van der Waals surface area contributed by atoms with Crippen LogP contribution in [0.3, 0.4) is 0 Å². The fourth-order valence-corrected chi connectivity index (χ4v) is 4.40. The molecule has 8 nitrogen and oxygen atoms in total. The van der Waals surface area contributed by atoms with E-state index in [2.05, 4.69) is 20.0 Å².